The Hall–Kier alpha value is -0.0681. The van der Waals surface area contributed by atoms with Gasteiger partial charge in [-0.15, -0.1) is 12.3 Å². The van der Waals surface area contributed by atoms with E-state index in [0.717, 1.165) is 0 Å². The summed E-state index contributed by atoms with van der Waals surface area (Å²) >= 11 is 0. The van der Waals surface area contributed by atoms with Crippen molar-refractivity contribution in [1.82, 2.24) is 9.97 Å². The Balaban J connectivity index is 0. The Morgan fingerprint density at radius 3 is 2.56 bits per heavy atom. The molecule has 3 nitrogen and oxygen atoms in total. The molecule has 0 amide bonds. The zero-order valence-corrected chi connectivity index (χ0v) is 9.27. The molecule has 0 spiro atoms. The van der Waals surface area contributed by atoms with Gasteiger partial charge in [-0.25, -0.2) is 0 Å². The molecule has 1 aromatic rings. The van der Waals surface area contributed by atoms with Gasteiger partial charge in [-0.1, -0.05) is 0 Å². The first-order chi connectivity index (χ1) is 3.39. The van der Waals surface area contributed by atoms with E-state index >= 15 is 0 Å². The van der Waals surface area contributed by atoms with E-state index in [9.17, 15) is 0 Å². The van der Waals surface area contributed by atoms with Gasteiger partial charge in [0.25, 0.3) is 0 Å². The van der Waals surface area contributed by atoms with Gasteiger partial charge in [0.1, 0.15) is 0 Å². The molecule has 46 valence electrons. The van der Waals surface area contributed by atoms with Gasteiger partial charge in [0, 0.05) is 11.8 Å². The maximum Gasteiger partial charge on any atom is 2.00 e. The van der Waals surface area contributed by atoms with Gasteiger partial charge in [-0.3, -0.25) is 0 Å². The summed E-state index contributed by atoms with van der Waals surface area (Å²) in [6.07, 6.45) is 4.00. The summed E-state index contributed by atoms with van der Waals surface area (Å²) in [5.41, 5.74) is 0.235. The fourth-order valence-corrected chi connectivity index (χ4v) is 0.288. The number of aromatic amines is 1. The number of rotatable bonds is 0. The van der Waals surface area contributed by atoms with Crippen molar-refractivity contribution in [2.24, 2.45) is 0 Å². The van der Waals surface area contributed by atoms with Crippen molar-refractivity contribution in [3.63, 3.8) is 0 Å². The predicted octanol–water partition coefficient (Wildman–Crippen LogP) is 0.140. The zero-order valence-electron chi connectivity index (χ0n) is 5.10. The van der Waals surface area contributed by atoms with E-state index in [1.165, 1.54) is 0 Å². The molecule has 0 aliphatic carbocycles. The fraction of sp³-hybridized carbons (Fsp3) is 0. The third-order valence-electron chi connectivity index (χ3n) is 0.565. The SMILES string of the molecule is N=c1cc[nH][c-]n1.[CH3-].[U+2]. The van der Waals surface area contributed by atoms with E-state index in [0.29, 0.717) is 0 Å². The molecule has 0 atom stereocenters. The van der Waals surface area contributed by atoms with Crippen molar-refractivity contribution in [2.45, 2.75) is 0 Å². The monoisotopic (exact) mass is 347 g/mol. The molecule has 2 N–H and O–H groups in total. The van der Waals surface area contributed by atoms with Crippen LogP contribution in [0.25, 0.3) is 0 Å². The van der Waals surface area contributed by atoms with E-state index in [4.69, 9.17) is 5.41 Å². The van der Waals surface area contributed by atoms with Gasteiger partial charge < -0.3 is 22.8 Å². The van der Waals surface area contributed by atoms with Crippen LogP contribution in [0.3, 0.4) is 0 Å². The molecule has 9 heavy (non-hydrogen) atoms. The molecule has 1 heterocycles. The predicted molar refractivity (Wildman–Crippen MR) is 29.7 cm³/mol. The van der Waals surface area contributed by atoms with Crippen LogP contribution in [0, 0.1) is 50.3 Å². The summed E-state index contributed by atoms with van der Waals surface area (Å²) in [5.74, 6) is 0. The second-order valence-electron chi connectivity index (χ2n) is 1.09. The molecular formula is C5H7N3U. The van der Waals surface area contributed by atoms with Crippen LogP contribution in [-0.4, -0.2) is 9.97 Å². The Bertz CT molecular complexity index is 178. The summed E-state index contributed by atoms with van der Waals surface area (Å²) in [6, 6.07) is 1.55. The van der Waals surface area contributed by atoms with Crippen LogP contribution in [0.4, 0.5) is 0 Å². The number of H-pyrrole nitrogens is 1. The first kappa shape index (κ1) is 11.7. The molecule has 0 saturated carbocycles. The van der Waals surface area contributed by atoms with Gasteiger partial charge >= 0.3 is 31.1 Å². The van der Waals surface area contributed by atoms with Crippen LogP contribution in [0.15, 0.2) is 12.3 Å². The number of hydrogen-bond donors (Lipinski definition) is 2. The molecule has 0 bridgehead atoms. The quantitative estimate of drug-likeness (QED) is 0.645. The molecule has 1 aromatic heterocycles. The first-order valence-electron chi connectivity index (χ1n) is 1.86. The molecule has 0 unspecified atom stereocenters. The van der Waals surface area contributed by atoms with E-state index in [1.54, 1.807) is 12.3 Å². The van der Waals surface area contributed by atoms with Gasteiger partial charge in [0.2, 0.25) is 0 Å². The molecule has 0 fully saturated rings. The van der Waals surface area contributed by atoms with Crippen molar-refractivity contribution in [2.75, 3.05) is 0 Å². The molecule has 4 heteroatoms. The number of nitrogens with zero attached hydrogens (tertiary/aromatic N) is 1. The molecule has 1 rings (SSSR count). The standard InChI is InChI=1S/C4H4N3.CH3.U/c5-4-1-2-6-3-7-4;;/h1-2H,(H2,5,6,7);1H3;/q2*-1;+2. The van der Waals surface area contributed by atoms with E-state index in [2.05, 4.69) is 16.3 Å². The third-order valence-corrected chi connectivity index (χ3v) is 0.565. The molecule has 0 aromatic carbocycles. The van der Waals surface area contributed by atoms with Crippen LogP contribution < -0.4 is 5.49 Å². The van der Waals surface area contributed by atoms with Crippen molar-refractivity contribution < 1.29 is 31.1 Å². The smallest absolute Gasteiger partial charge is 0.459 e. The van der Waals surface area contributed by atoms with Gasteiger partial charge in [0.15, 0.2) is 0 Å². The number of nitrogens with one attached hydrogen (secondary N) is 2. The normalized spacial score (nSPS) is 6.67. The minimum Gasteiger partial charge on any atom is -0.459 e. The third kappa shape index (κ3) is 4.44. The van der Waals surface area contributed by atoms with Crippen molar-refractivity contribution in [3.8, 4) is 0 Å². The second-order valence-corrected chi connectivity index (χ2v) is 1.09. The maximum absolute atomic E-state index is 6.83. The number of hydrogen-bond acceptors (Lipinski definition) is 2. The maximum atomic E-state index is 6.83. The van der Waals surface area contributed by atoms with Crippen LogP contribution in [0.5, 0.6) is 0 Å². The fourth-order valence-electron chi connectivity index (χ4n) is 0.288. The molecular weight excluding hydrogens is 340 g/mol. The van der Waals surface area contributed by atoms with E-state index in [-0.39, 0.29) is 44.0 Å². The summed E-state index contributed by atoms with van der Waals surface area (Å²) in [4.78, 5) is 6.04. The average molecular weight is 347 g/mol. The summed E-state index contributed by atoms with van der Waals surface area (Å²) in [5, 5.41) is 6.83. The average Bonchev–Trinajstić information content (AvgIpc) is 1.69. The van der Waals surface area contributed by atoms with Gasteiger partial charge in [-0.2, -0.15) is 0 Å². The Morgan fingerprint density at radius 2 is 2.33 bits per heavy atom. The van der Waals surface area contributed by atoms with Crippen molar-refractivity contribution in [1.29, 1.82) is 5.41 Å². The largest absolute Gasteiger partial charge is 2.00 e. The van der Waals surface area contributed by atoms with E-state index < -0.39 is 0 Å². The van der Waals surface area contributed by atoms with Crippen LogP contribution >= 0.6 is 0 Å². The number of aromatic nitrogens is 2. The minimum absolute atomic E-state index is 0. The summed E-state index contributed by atoms with van der Waals surface area (Å²) in [6.45, 7) is 0. The molecule has 0 aliphatic heterocycles. The molecule has 0 saturated heterocycles. The topological polar surface area (TPSA) is 52.5 Å². The Labute approximate surface area is 77.8 Å². The van der Waals surface area contributed by atoms with Crippen molar-refractivity contribution in [3.05, 3.63) is 31.5 Å². The first-order valence-corrected chi connectivity index (χ1v) is 1.86. The van der Waals surface area contributed by atoms with Crippen molar-refractivity contribution >= 4 is 0 Å². The van der Waals surface area contributed by atoms with E-state index in [1.807, 2.05) is 0 Å². The second kappa shape index (κ2) is 6.06. The molecule has 0 radical (unpaired) electrons. The summed E-state index contributed by atoms with van der Waals surface area (Å²) < 4.78 is 0. The summed E-state index contributed by atoms with van der Waals surface area (Å²) in [7, 11) is 0. The van der Waals surface area contributed by atoms with Gasteiger partial charge in [-0.05, 0) is 0 Å². The Morgan fingerprint density at radius 1 is 1.67 bits per heavy atom. The van der Waals surface area contributed by atoms with Crippen LogP contribution in [0.1, 0.15) is 0 Å². The van der Waals surface area contributed by atoms with Gasteiger partial charge in [0.05, 0.1) is 0 Å². The minimum atomic E-state index is 0. The van der Waals surface area contributed by atoms with Crippen LogP contribution in [0.2, 0.25) is 0 Å². The zero-order chi connectivity index (χ0) is 5.11. The molecule has 0 aliphatic rings. The Kier molecular flexibility index (Phi) is 7.87. The van der Waals surface area contributed by atoms with Crippen LogP contribution in [-0.2, 0) is 0 Å².